The van der Waals surface area contributed by atoms with Gasteiger partial charge in [0.2, 0.25) is 0 Å². The number of aromatic amines is 1. The molecule has 0 aliphatic carbocycles. The predicted octanol–water partition coefficient (Wildman–Crippen LogP) is 1.36. The fraction of sp³-hybridized carbons (Fsp3) is 0.464. The number of hydrogen-bond acceptors (Lipinski definition) is 7. The second kappa shape index (κ2) is 10.8. The first-order chi connectivity index (χ1) is 18.9. The summed E-state index contributed by atoms with van der Waals surface area (Å²) in [5, 5.41) is 25.5. The molecule has 1 aromatic heterocycles. The Morgan fingerprint density at radius 3 is 2.65 bits per heavy atom. The summed E-state index contributed by atoms with van der Waals surface area (Å²) in [7, 11) is 0. The number of halogens is 1. The molecule has 0 bridgehead atoms. The molecule has 214 valence electrons. The highest BCUT2D eigenvalue weighted by Crippen LogP contribution is 2.38. The number of benzene rings is 1. The fourth-order valence-electron chi connectivity index (χ4n) is 5.25. The van der Waals surface area contributed by atoms with E-state index in [0.29, 0.717) is 60.8 Å². The Hall–Kier alpha value is -3.58. The van der Waals surface area contributed by atoms with Gasteiger partial charge in [0.1, 0.15) is 11.4 Å². The largest absolute Gasteiger partial charge is 0.390 e. The maximum Gasteiger partial charge on any atom is 0.256 e. The number of nitrogens with one attached hydrogen (secondary N) is 3. The molecule has 4 heterocycles. The van der Waals surface area contributed by atoms with Gasteiger partial charge in [0.25, 0.3) is 17.7 Å². The van der Waals surface area contributed by atoms with Crippen LogP contribution < -0.4 is 10.6 Å². The third-order valence-corrected chi connectivity index (χ3v) is 7.49. The van der Waals surface area contributed by atoms with E-state index in [9.17, 15) is 29.0 Å². The van der Waals surface area contributed by atoms with E-state index >= 15 is 0 Å². The van der Waals surface area contributed by atoms with Crippen LogP contribution in [-0.4, -0.2) is 100 Å². The maximum absolute atomic E-state index is 14.9. The SMILES string of the molecule is Cc1c(/C=C2\C(=O)Nc3cc(NC(=O)C(C)(C)O)c(F)cc32)[nH]c2c1C(=O)N(CC(O)CN1CCOCC1)CC2. The topological polar surface area (TPSA) is 147 Å². The Kier molecular flexibility index (Phi) is 7.53. The Morgan fingerprint density at radius 2 is 1.95 bits per heavy atom. The predicted molar refractivity (Wildman–Crippen MR) is 146 cm³/mol. The number of aliphatic hydroxyl groups excluding tert-OH is 1. The van der Waals surface area contributed by atoms with Crippen molar-refractivity contribution in [2.24, 2.45) is 0 Å². The Labute approximate surface area is 231 Å². The summed E-state index contributed by atoms with van der Waals surface area (Å²) in [5.74, 6) is -2.18. The van der Waals surface area contributed by atoms with Gasteiger partial charge >= 0.3 is 0 Å². The van der Waals surface area contributed by atoms with Gasteiger partial charge in [0, 0.05) is 56.1 Å². The van der Waals surface area contributed by atoms with Crippen molar-refractivity contribution in [3.05, 3.63) is 46.0 Å². The molecule has 11 nitrogen and oxygen atoms in total. The molecule has 2 aromatic rings. The van der Waals surface area contributed by atoms with Crippen LogP contribution in [-0.2, 0) is 20.7 Å². The molecule has 0 radical (unpaired) electrons. The van der Waals surface area contributed by atoms with Crippen molar-refractivity contribution in [1.29, 1.82) is 0 Å². The molecule has 3 amide bonds. The first-order valence-electron chi connectivity index (χ1n) is 13.3. The van der Waals surface area contributed by atoms with Crippen LogP contribution in [0.2, 0.25) is 0 Å². The van der Waals surface area contributed by atoms with Crippen LogP contribution in [0.4, 0.5) is 15.8 Å². The molecule has 1 unspecified atom stereocenters. The molecule has 40 heavy (non-hydrogen) atoms. The molecule has 5 rings (SSSR count). The van der Waals surface area contributed by atoms with Gasteiger partial charge in [0.05, 0.1) is 41.8 Å². The van der Waals surface area contributed by atoms with Crippen LogP contribution in [0, 0.1) is 12.7 Å². The molecule has 12 heteroatoms. The van der Waals surface area contributed by atoms with Gasteiger partial charge in [-0.2, -0.15) is 0 Å². The van der Waals surface area contributed by atoms with E-state index in [1.807, 2.05) is 0 Å². The van der Waals surface area contributed by atoms with E-state index in [-0.39, 0.29) is 23.7 Å². The average molecular weight is 556 g/mol. The smallest absolute Gasteiger partial charge is 0.256 e. The first kappa shape index (κ1) is 28.0. The fourth-order valence-corrected chi connectivity index (χ4v) is 5.25. The van der Waals surface area contributed by atoms with Crippen LogP contribution in [0.25, 0.3) is 11.6 Å². The van der Waals surface area contributed by atoms with Gasteiger partial charge in [-0.1, -0.05) is 0 Å². The molecule has 3 aliphatic rings. The minimum Gasteiger partial charge on any atom is -0.390 e. The molecule has 1 aromatic carbocycles. The number of aromatic nitrogens is 1. The highest BCUT2D eigenvalue weighted by molar-refractivity contribution is 6.35. The van der Waals surface area contributed by atoms with Crippen molar-refractivity contribution in [2.75, 3.05) is 56.6 Å². The number of H-pyrrole nitrogens is 1. The summed E-state index contributed by atoms with van der Waals surface area (Å²) in [6.45, 7) is 8.27. The zero-order valence-electron chi connectivity index (χ0n) is 22.8. The summed E-state index contributed by atoms with van der Waals surface area (Å²) in [5.41, 5.74) is 1.46. The lowest BCUT2D eigenvalue weighted by molar-refractivity contribution is -0.130. The summed E-state index contributed by atoms with van der Waals surface area (Å²) < 4.78 is 20.2. The van der Waals surface area contributed by atoms with E-state index < -0.39 is 29.3 Å². The molecule has 0 spiro atoms. The highest BCUT2D eigenvalue weighted by Gasteiger charge is 2.33. The third-order valence-electron chi connectivity index (χ3n) is 7.49. The standard InChI is InChI=1S/C28H34FN5O6/c1-15-21(11-18-17-10-19(29)23(12-22(17)31-25(18)36)32-27(38)28(2,3)39)30-20-4-5-34(26(37)24(15)20)14-16(35)13-33-6-8-40-9-7-33/h10-12,16,30,35,39H,4-9,13-14H2,1-3H3,(H,31,36)(H,32,38)/b18-11-. The minimum absolute atomic E-state index is 0.166. The van der Waals surface area contributed by atoms with Crippen molar-refractivity contribution >= 4 is 40.7 Å². The van der Waals surface area contributed by atoms with Crippen LogP contribution in [0.15, 0.2) is 12.1 Å². The van der Waals surface area contributed by atoms with Crippen molar-refractivity contribution < 1.29 is 33.7 Å². The number of β-amino-alcohol motifs (C(OH)–C–C–N with tert-alkyl or cyclic N) is 1. The Bertz CT molecular complexity index is 1390. The van der Waals surface area contributed by atoms with Crippen LogP contribution in [0.5, 0.6) is 0 Å². The average Bonchev–Trinajstić information content (AvgIpc) is 3.37. The molecular weight excluding hydrogens is 521 g/mol. The van der Waals surface area contributed by atoms with Crippen molar-refractivity contribution in [3.8, 4) is 0 Å². The lowest BCUT2D eigenvalue weighted by Gasteiger charge is -2.32. The zero-order chi connectivity index (χ0) is 28.8. The number of carbonyl (C=O) groups excluding carboxylic acids is 3. The van der Waals surface area contributed by atoms with E-state index in [1.165, 1.54) is 19.9 Å². The van der Waals surface area contributed by atoms with E-state index in [2.05, 4.69) is 20.5 Å². The second-order valence-corrected chi connectivity index (χ2v) is 11.0. The van der Waals surface area contributed by atoms with Crippen molar-refractivity contribution in [2.45, 2.75) is 38.9 Å². The van der Waals surface area contributed by atoms with Crippen LogP contribution >= 0.6 is 0 Å². The molecule has 3 aliphatic heterocycles. The molecule has 1 saturated heterocycles. The quantitative estimate of drug-likeness (QED) is 0.324. The molecule has 1 atom stereocenters. The summed E-state index contributed by atoms with van der Waals surface area (Å²) in [4.78, 5) is 45.4. The minimum atomic E-state index is -1.71. The monoisotopic (exact) mass is 555 g/mol. The van der Waals surface area contributed by atoms with E-state index in [4.69, 9.17) is 4.74 Å². The third kappa shape index (κ3) is 5.52. The van der Waals surface area contributed by atoms with Gasteiger partial charge in [0.15, 0.2) is 0 Å². The number of amides is 3. The number of fused-ring (bicyclic) bond motifs is 2. The second-order valence-electron chi connectivity index (χ2n) is 11.0. The number of ether oxygens (including phenoxy) is 1. The van der Waals surface area contributed by atoms with Gasteiger partial charge in [-0.3, -0.25) is 19.3 Å². The number of hydrogen-bond donors (Lipinski definition) is 5. The number of carbonyl (C=O) groups is 3. The number of morpholine rings is 1. The van der Waals surface area contributed by atoms with E-state index in [0.717, 1.165) is 24.8 Å². The summed E-state index contributed by atoms with van der Waals surface area (Å²) in [6, 6.07) is 2.46. The van der Waals surface area contributed by atoms with Crippen molar-refractivity contribution in [3.63, 3.8) is 0 Å². The van der Waals surface area contributed by atoms with Crippen molar-refractivity contribution in [1.82, 2.24) is 14.8 Å². The highest BCUT2D eigenvalue weighted by atomic mass is 19.1. The number of rotatable bonds is 7. The molecule has 0 saturated carbocycles. The molecule has 5 N–H and O–H groups in total. The summed E-state index contributed by atoms with van der Waals surface area (Å²) >= 11 is 0. The summed E-state index contributed by atoms with van der Waals surface area (Å²) in [6.07, 6.45) is 1.47. The van der Waals surface area contributed by atoms with Crippen LogP contribution in [0.1, 0.15) is 46.7 Å². The maximum atomic E-state index is 14.9. The van der Waals surface area contributed by atoms with E-state index in [1.54, 1.807) is 17.9 Å². The Balaban J connectivity index is 1.35. The normalized spacial score (nSPS) is 19.4. The lowest BCUT2D eigenvalue weighted by atomic mass is 10.0. The zero-order valence-corrected chi connectivity index (χ0v) is 22.8. The van der Waals surface area contributed by atoms with Crippen LogP contribution in [0.3, 0.4) is 0 Å². The van der Waals surface area contributed by atoms with Gasteiger partial charge in [-0.05, 0) is 44.5 Å². The number of nitrogens with zero attached hydrogens (tertiary/aromatic N) is 2. The van der Waals surface area contributed by atoms with Gasteiger partial charge in [-0.25, -0.2) is 4.39 Å². The number of anilines is 2. The molecular formula is C28H34FN5O6. The van der Waals surface area contributed by atoms with Gasteiger partial charge < -0.3 is 35.5 Å². The first-order valence-corrected chi connectivity index (χ1v) is 13.3. The van der Waals surface area contributed by atoms with Gasteiger partial charge in [-0.15, -0.1) is 0 Å². The number of aliphatic hydroxyl groups is 2. The lowest BCUT2D eigenvalue weighted by Crippen LogP contribution is -2.47. The molecule has 1 fully saturated rings. The Morgan fingerprint density at radius 1 is 1.23 bits per heavy atom.